The van der Waals surface area contributed by atoms with E-state index in [0.29, 0.717) is 13.2 Å². The van der Waals surface area contributed by atoms with Gasteiger partial charge >= 0.3 is 0 Å². The minimum atomic E-state index is -0.271. The first kappa shape index (κ1) is 20.7. The molecule has 0 fully saturated rings. The molecule has 151 valence electrons. The number of benzene rings is 2. The fourth-order valence-corrected chi connectivity index (χ4v) is 4.14. The number of ether oxygens (including phenoxy) is 2. The van der Waals surface area contributed by atoms with Crippen molar-refractivity contribution in [2.24, 2.45) is 0 Å². The molecule has 3 rings (SSSR count). The van der Waals surface area contributed by atoms with Gasteiger partial charge in [-0.05, 0) is 69.8 Å². The van der Waals surface area contributed by atoms with Crippen LogP contribution in [0.3, 0.4) is 0 Å². The standard InChI is InChI=1S/C24H32NO3/c1-17-18(2)23-21(11-12-24(4,28-23)16-25(5)13-14-26)19(3)22(17)27-15-20-9-7-6-8-10-20/h6-10H,11-16H2,1-5H3. The van der Waals surface area contributed by atoms with Crippen molar-refractivity contribution in [3.63, 3.8) is 0 Å². The van der Waals surface area contributed by atoms with Crippen molar-refractivity contribution in [2.45, 2.75) is 52.7 Å². The van der Waals surface area contributed by atoms with E-state index in [0.717, 1.165) is 42.0 Å². The third kappa shape index (κ3) is 4.34. The molecule has 0 saturated heterocycles. The molecule has 0 spiro atoms. The molecule has 0 bridgehead atoms. The van der Waals surface area contributed by atoms with Gasteiger partial charge in [0.05, 0.1) is 6.61 Å². The van der Waals surface area contributed by atoms with E-state index in [1.165, 1.54) is 16.7 Å². The lowest BCUT2D eigenvalue weighted by Crippen LogP contribution is -2.47. The summed E-state index contributed by atoms with van der Waals surface area (Å²) in [6.07, 6.45) is 1.90. The molecule has 1 aliphatic heterocycles. The van der Waals surface area contributed by atoms with Gasteiger partial charge in [-0.1, -0.05) is 30.3 Å². The van der Waals surface area contributed by atoms with Crippen molar-refractivity contribution in [1.82, 2.24) is 4.90 Å². The van der Waals surface area contributed by atoms with Crippen LogP contribution in [0.1, 0.15) is 41.2 Å². The number of likely N-dealkylation sites (N-methyl/N-ethyl adjacent to an activating group) is 1. The van der Waals surface area contributed by atoms with Crippen molar-refractivity contribution in [1.29, 1.82) is 0 Å². The number of rotatable bonds is 7. The highest BCUT2D eigenvalue weighted by molar-refractivity contribution is 5.59. The van der Waals surface area contributed by atoms with Crippen LogP contribution >= 0.6 is 0 Å². The second-order valence-corrected chi connectivity index (χ2v) is 8.28. The fraction of sp³-hybridized carbons (Fsp3) is 0.500. The highest BCUT2D eigenvalue weighted by atomic mass is 16.5. The molecule has 1 aliphatic rings. The van der Waals surface area contributed by atoms with Gasteiger partial charge in [0.15, 0.2) is 0 Å². The first-order chi connectivity index (χ1) is 13.3. The molecule has 0 N–H and O–H groups in total. The van der Waals surface area contributed by atoms with Crippen molar-refractivity contribution in [3.05, 3.63) is 58.1 Å². The summed E-state index contributed by atoms with van der Waals surface area (Å²) in [5, 5.41) is 10.9. The predicted molar refractivity (Wildman–Crippen MR) is 112 cm³/mol. The third-order valence-corrected chi connectivity index (χ3v) is 5.87. The molecular weight excluding hydrogens is 350 g/mol. The molecule has 1 atom stereocenters. The molecule has 1 unspecified atom stereocenters. The van der Waals surface area contributed by atoms with Crippen LogP contribution in [-0.2, 0) is 18.1 Å². The van der Waals surface area contributed by atoms with Crippen molar-refractivity contribution in [3.8, 4) is 11.5 Å². The monoisotopic (exact) mass is 382 g/mol. The molecule has 2 aromatic carbocycles. The smallest absolute Gasteiger partial charge is 0.127 e. The molecule has 0 saturated carbocycles. The molecule has 28 heavy (non-hydrogen) atoms. The van der Waals surface area contributed by atoms with Crippen molar-refractivity contribution >= 4 is 0 Å². The van der Waals surface area contributed by atoms with E-state index in [1.54, 1.807) is 0 Å². The van der Waals surface area contributed by atoms with Crippen LogP contribution in [0.4, 0.5) is 0 Å². The molecule has 0 amide bonds. The molecule has 4 heteroatoms. The Morgan fingerprint density at radius 1 is 1.11 bits per heavy atom. The summed E-state index contributed by atoms with van der Waals surface area (Å²) in [6, 6.07) is 10.3. The summed E-state index contributed by atoms with van der Waals surface area (Å²) >= 11 is 0. The van der Waals surface area contributed by atoms with Crippen molar-refractivity contribution in [2.75, 3.05) is 26.7 Å². The highest BCUT2D eigenvalue weighted by Crippen LogP contribution is 2.44. The average Bonchev–Trinajstić information content (AvgIpc) is 2.67. The maximum absolute atomic E-state index is 10.9. The van der Waals surface area contributed by atoms with Gasteiger partial charge in [0.2, 0.25) is 0 Å². The Hall–Kier alpha value is -2.04. The predicted octanol–water partition coefficient (Wildman–Crippen LogP) is 4.64. The Morgan fingerprint density at radius 3 is 2.50 bits per heavy atom. The van der Waals surface area contributed by atoms with Gasteiger partial charge in [-0.25, -0.2) is 5.11 Å². The van der Waals surface area contributed by atoms with Gasteiger partial charge in [-0.2, -0.15) is 0 Å². The SMILES string of the molecule is Cc1c(C)c2c(c(C)c1OCc1ccccc1)CCC(C)(CN(C)CC[O])O2. The maximum atomic E-state index is 10.9. The fourth-order valence-electron chi connectivity index (χ4n) is 4.14. The second kappa shape index (κ2) is 8.54. The quantitative estimate of drug-likeness (QED) is 0.701. The van der Waals surface area contributed by atoms with Gasteiger partial charge in [0, 0.05) is 18.7 Å². The first-order valence-corrected chi connectivity index (χ1v) is 10.1. The van der Waals surface area contributed by atoms with E-state index in [-0.39, 0.29) is 12.2 Å². The largest absolute Gasteiger partial charge is 0.488 e. The van der Waals surface area contributed by atoms with E-state index < -0.39 is 0 Å². The van der Waals surface area contributed by atoms with Crippen LogP contribution in [0.15, 0.2) is 30.3 Å². The minimum Gasteiger partial charge on any atom is -0.488 e. The lowest BCUT2D eigenvalue weighted by Gasteiger charge is -2.40. The van der Waals surface area contributed by atoms with Crippen LogP contribution < -0.4 is 9.47 Å². The van der Waals surface area contributed by atoms with Crippen LogP contribution in [0.5, 0.6) is 11.5 Å². The van der Waals surface area contributed by atoms with E-state index >= 15 is 0 Å². The van der Waals surface area contributed by atoms with Gasteiger partial charge in [0.1, 0.15) is 23.7 Å². The molecule has 0 aromatic heterocycles. The van der Waals surface area contributed by atoms with E-state index in [2.05, 4.69) is 44.7 Å². The highest BCUT2D eigenvalue weighted by Gasteiger charge is 2.35. The number of hydrogen-bond acceptors (Lipinski definition) is 3. The summed E-state index contributed by atoms with van der Waals surface area (Å²) in [5.74, 6) is 1.99. The minimum absolute atomic E-state index is 0.0808. The van der Waals surface area contributed by atoms with Crippen LogP contribution in [0, 0.1) is 20.8 Å². The summed E-state index contributed by atoms with van der Waals surface area (Å²) in [7, 11) is 1.99. The lowest BCUT2D eigenvalue weighted by atomic mass is 9.87. The summed E-state index contributed by atoms with van der Waals surface area (Å²) in [5.41, 5.74) is 5.64. The summed E-state index contributed by atoms with van der Waals surface area (Å²) in [6.45, 7) is 10.3. The van der Waals surface area contributed by atoms with E-state index in [4.69, 9.17) is 9.47 Å². The zero-order valence-corrected chi connectivity index (χ0v) is 17.8. The average molecular weight is 383 g/mol. The van der Waals surface area contributed by atoms with Crippen LogP contribution in [-0.4, -0.2) is 37.2 Å². The molecule has 4 nitrogen and oxygen atoms in total. The Kier molecular flexibility index (Phi) is 6.31. The summed E-state index contributed by atoms with van der Waals surface area (Å²) in [4.78, 5) is 2.07. The van der Waals surface area contributed by atoms with Gasteiger partial charge in [-0.15, -0.1) is 0 Å². The van der Waals surface area contributed by atoms with Crippen LogP contribution in [0.2, 0.25) is 0 Å². The van der Waals surface area contributed by atoms with E-state index in [1.807, 2.05) is 25.2 Å². The molecule has 1 heterocycles. The van der Waals surface area contributed by atoms with Gasteiger partial charge < -0.3 is 9.47 Å². The Balaban J connectivity index is 1.84. The Bertz CT molecular complexity index is 819. The zero-order valence-electron chi connectivity index (χ0n) is 17.8. The summed E-state index contributed by atoms with van der Waals surface area (Å²) < 4.78 is 12.8. The van der Waals surface area contributed by atoms with E-state index in [9.17, 15) is 5.11 Å². The number of nitrogens with zero attached hydrogens (tertiary/aromatic N) is 1. The van der Waals surface area contributed by atoms with Gasteiger partial charge in [-0.3, -0.25) is 4.90 Å². The van der Waals surface area contributed by atoms with Gasteiger partial charge in [0.25, 0.3) is 0 Å². The Morgan fingerprint density at radius 2 is 1.82 bits per heavy atom. The number of fused-ring (bicyclic) bond motifs is 1. The third-order valence-electron chi connectivity index (χ3n) is 5.87. The first-order valence-electron chi connectivity index (χ1n) is 10.1. The maximum Gasteiger partial charge on any atom is 0.127 e. The Labute approximate surface area is 169 Å². The molecule has 2 aromatic rings. The topological polar surface area (TPSA) is 41.6 Å². The molecule has 0 aliphatic carbocycles. The normalized spacial score (nSPS) is 18.7. The van der Waals surface area contributed by atoms with Crippen molar-refractivity contribution < 1.29 is 14.6 Å². The lowest BCUT2D eigenvalue weighted by molar-refractivity contribution is 0.0242. The number of hydrogen-bond donors (Lipinski definition) is 0. The second-order valence-electron chi connectivity index (χ2n) is 8.28. The van der Waals surface area contributed by atoms with Crippen LogP contribution in [0.25, 0.3) is 0 Å². The molecule has 1 radical (unpaired) electrons. The molecular formula is C24H32NO3. The zero-order chi connectivity index (χ0) is 20.3.